The number of hydrogen-bond donors (Lipinski definition) is 3. The van der Waals surface area contributed by atoms with Gasteiger partial charge in [0.1, 0.15) is 0 Å². The molecule has 27 heavy (non-hydrogen) atoms. The number of amidine groups is 1. The van der Waals surface area contributed by atoms with E-state index >= 15 is 0 Å². The summed E-state index contributed by atoms with van der Waals surface area (Å²) in [6.07, 6.45) is 0. The number of nitrogens with one attached hydrogen (secondary N) is 2. The first-order valence-electron chi connectivity index (χ1n) is 8.13. The summed E-state index contributed by atoms with van der Waals surface area (Å²) in [5, 5.41) is 7.68. The standard InChI is InChI=1S/C18H23N4O4S/c1-12(23)26-22-15(9-6-10-16(22)17(19)20)13-7-5-8-14(11-13)27(24,25)21-18(2,3)4/h5-11,21H,1-4H3,(H3,19,20)/q+1. The number of carbonyl (C=O) groups is 1. The lowest BCUT2D eigenvalue weighted by atomic mass is 10.1. The van der Waals surface area contributed by atoms with Crippen molar-refractivity contribution in [2.75, 3.05) is 0 Å². The predicted molar refractivity (Wildman–Crippen MR) is 100 cm³/mol. The van der Waals surface area contributed by atoms with E-state index in [1.165, 1.54) is 25.1 Å². The van der Waals surface area contributed by atoms with Gasteiger partial charge in [0.2, 0.25) is 10.0 Å². The van der Waals surface area contributed by atoms with E-state index in [9.17, 15) is 13.2 Å². The molecular formula is C18H23N4O4S+. The van der Waals surface area contributed by atoms with Crippen LogP contribution in [0.1, 0.15) is 33.4 Å². The van der Waals surface area contributed by atoms with Crippen LogP contribution in [0.15, 0.2) is 47.4 Å². The van der Waals surface area contributed by atoms with Crippen LogP contribution in [-0.2, 0) is 14.8 Å². The van der Waals surface area contributed by atoms with Gasteiger partial charge in [0.15, 0.2) is 5.84 Å². The molecule has 0 saturated carbocycles. The van der Waals surface area contributed by atoms with E-state index in [-0.39, 0.29) is 16.4 Å². The maximum absolute atomic E-state index is 12.6. The molecule has 1 aromatic heterocycles. The number of nitrogens with two attached hydrogens (primary N) is 1. The van der Waals surface area contributed by atoms with Gasteiger partial charge in [0.25, 0.3) is 11.4 Å². The molecule has 0 unspecified atom stereocenters. The zero-order valence-corrected chi connectivity index (χ0v) is 16.4. The van der Waals surface area contributed by atoms with Gasteiger partial charge in [0, 0.05) is 29.3 Å². The van der Waals surface area contributed by atoms with Crippen molar-refractivity contribution in [3.05, 3.63) is 48.2 Å². The molecule has 0 aliphatic rings. The molecule has 2 aromatic rings. The van der Waals surface area contributed by atoms with Gasteiger partial charge in [-0.25, -0.2) is 17.9 Å². The van der Waals surface area contributed by atoms with E-state index in [0.717, 1.165) is 4.73 Å². The van der Waals surface area contributed by atoms with Gasteiger partial charge < -0.3 is 5.73 Å². The molecule has 0 aliphatic carbocycles. The summed E-state index contributed by atoms with van der Waals surface area (Å²) in [6.45, 7) is 6.47. The third-order valence-electron chi connectivity index (χ3n) is 3.32. The highest BCUT2D eigenvalue weighted by molar-refractivity contribution is 7.89. The number of hydrogen-bond acceptors (Lipinski definition) is 5. The maximum atomic E-state index is 12.6. The molecule has 0 amide bonds. The fourth-order valence-corrected chi connectivity index (χ4v) is 3.88. The number of carbonyl (C=O) groups excluding carboxylic acids is 1. The van der Waals surface area contributed by atoms with Crippen LogP contribution in [0.3, 0.4) is 0 Å². The van der Waals surface area contributed by atoms with Crippen LogP contribution in [0.4, 0.5) is 0 Å². The summed E-state index contributed by atoms with van der Waals surface area (Å²) in [4.78, 5) is 16.8. The maximum Gasteiger partial charge on any atom is 0.377 e. The monoisotopic (exact) mass is 391 g/mol. The van der Waals surface area contributed by atoms with E-state index in [1.807, 2.05) is 0 Å². The van der Waals surface area contributed by atoms with Crippen molar-refractivity contribution in [1.82, 2.24) is 4.72 Å². The first-order valence-corrected chi connectivity index (χ1v) is 9.62. The summed E-state index contributed by atoms with van der Waals surface area (Å²) in [5.74, 6) is -0.899. The normalized spacial score (nSPS) is 11.9. The van der Waals surface area contributed by atoms with Gasteiger partial charge in [-0.3, -0.25) is 5.41 Å². The zero-order chi connectivity index (χ0) is 20.4. The molecule has 144 valence electrons. The molecular weight excluding hydrogens is 368 g/mol. The lowest BCUT2D eigenvalue weighted by Crippen LogP contribution is -2.52. The van der Waals surface area contributed by atoms with E-state index in [2.05, 4.69) is 4.72 Å². The summed E-state index contributed by atoms with van der Waals surface area (Å²) in [5.41, 5.74) is 5.97. The van der Waals surface area contributed by atoms with Gasteiger partial charge in [-0.2, -0.15) is 4.84 Å². The molecule has 1 aromatic carbocycles. The molecule has 1 heterocycles. The van der Waals surface area contributed by atoms with E-state index in [0.29, 0.717) is 11.3 Å². The summed E-state index contributed by atoms with van der Waals surface area (Å²) < 4.78 is 28.9. The molecule has 0 spiro atoms. The number of pyridine rings is 1. The van der Waals surface area contributed by atoms with Crippen LogP contribution in [0.5, 0.6) is 0 Å². The Hall–Kier alpha value is -2.78. The van der Waals surface area contributed by atoms with Crippen LogP contribution in [0, 0.1) is 5.41 Å². The van der Waals surface area contributed by atoms with Crippen molar-refractivity contribution in [3.63, 3.8) is 0 Å². The largest absolute Gasteiger partial charge is 0.378 e. The minimum atomic E-state index is -3.74. The van der Waals surface area contributed by atoms with Gasteiger partial charge in [0.05, 0.1) is 10.5 Å². The Morgan fingerprint density at radius 3 is 2.37 bits per heavy atom. The Morgan fingerprint density at radius 2 is 1.81 bits per heavy atom. The fraction of sp³-hybridized carbons (Fsp3) is 0.278. The van der Waals surface area contributed by atoms with Gasteiger partial charge in [-0.1, -0.05) is 6.07 Å². The predicted octanol–water partition coefficient (Wildman–Crippen LogP) is 0.977. The second-order valence-corrected chi connectivity index (χ2v) is 8.65. The Bertz CT molecular complexity index is 995. The van der Waals surface area contributed by atoms with E-state index in [4.69, 9.17) is 16.0 Å². The van der Waals surface area contributed by atoms with Gasteiger partial charge >= 0.3 is 5.97 Å². The first kappa shape index (κ1) is 20.5. The number of nitrogen functional groups attached to an aromatic ring is 1. The molecule has 8 nitrogen and oxygen atoms in total. The van der Waals surface area contributed by atoms with Crippen LogP contribution < -0.4 is 20.0 Å². The van der Waals surface area contributed by atoms with Crippen LogP contribution in [-0.4, -0.2) is 25.8 Å². The van der Waals surface area contributed by atoms with Gasteiger partial charge in [-0.15, -0.1) is 0 Å². The highest BCUT2D eigenvalue weighted by Gasteiger charge is 2.27. The van der Waals surface area contributed by atoms with Crippen LogP contribution in [0.2, 0.25) is 0 Å². The molecule has 0 radical (unpaired) electrons. The Morgan fingerprint density at radius 1 is 1.19 bits per heavy atom. The smallest absolute Gasteiger partial charge is 0.377 e. The molecule has 0 saturated heterocycles. The lowest BCUT2D eigenvalue weighted by molar-refractivity contribution is -0.861. The number of benzene rings is 1. The molecule has 0 bridgehead atoms. The second-order valence-electron chi connectivity index (χ2n) is 6.97. The van der Waals surface area contributed by atoms with Crippen molar-refractivity contribution in [2.45, 2.75) is 38.1 Å². The Labute approximate surface area is 158 Å². The minimum absolute atomic E-state index is 0.0672. The number of nitrogens with zero attached hydrogens (tertiary/aromatic N) is 1. The van der Waals surface area contributed by atoms with Crippen molar-refractivity contribution in [3.8, 4) is 11.3 Å². The number of rotatable bonds is 5. The third-order valence-corrected chi connectivity index (χ3v) is 5.08. The highest BCUT2D eigenvalue weighted by Crippen LogP contribution is 2.21. The lowest BCUT2D eigenvalue weighted by Gasteiger charge is -2.20. The summed E-state index contributed by atoms with van der Waals surface area (Å²) in [7, 11) is -3.74. The van der Waals surface area contributed by atoms with Gasteiger partial charge in [-0.05, 0) is 45.0 Å². The molecule has 0 aliphatic heterocycles. The van der Waals surface area contributed by atoms with Crippen molar-refractivity contribution in [1.29, 1.82) is 5.41 Å². The average molecular weight is 391 g/mol. The minimum Gasteiger partial charge on any atom is -0.378 e. The fourth-order valence-electron chi connectivity index (χ4n) is 2.42. The van der Waals surface area contributed by atoms with Crippen LogP contribution >= 0.6 is 0 Å². The quantitative estimate of drug-likeness (QED) is 0.398. The molecule has 0 fully saturated rings. The molecule has 0 atom stereocenters. The van der Waals surface area contributed by atoms with E-state index in [1.54, 1.807) is 45.0 Å². The van der Waals surface area contributed by atoms with Crippen molar-refractivity contribution >= 4 is 21.8 Å². The average Bonchev–Trinajstić information content (AvgIpc) is 2.52. The summed E-state index contributed by atoms with van der Waals surface area (Å²) >= 11 is 0. The first-order chi connectivity index (χ1) is 12.4. The topological polar surface area (TPSA) is 126 Å². The van der Waals surface area contributed by atoms with Crippen molar-refractivity contribution in [2.24, 2.45) is 5.73 Å². The molecule has 4 N–H and O–H groups in total. The van der Waals surface area contributed by atoms with E-state index < -0.39 is 21.5 Å². The summed E-state index contributed by atoms with van der Waals surface area (Å²) in [6, 6.07) is 11.0. The number of aromatic nitrogens is 1. The Balaban J connectivity index is 2.62. The zero-order valence-electron chi connectivity index (χ0n) is 15.6. The number of sulfonamides is 1. The van der Waals surface area contributed by atoms with Crippen molar-refractivity contribution < 1.29 is 22.8 Å². The molecule has 9 heteroatoms. The highest BCUT2D eigenvalue weighted by atomic mass is 32.2. The SMILES string of the molecule is CC(=O)O[n+]1c(C(=N)N)cccc1-c1cccc(S(=O)(=O)NC(C)(C)C)c1. The second kappa shape index (κ2) is 7.45. The molecule has 2 rings (SSSR count). The third kappa shape index (κ3) is 5.11. The van der Waals surface area contributed by atoms with Crippen LogP contribution in [0.25, 0.3) is 11.3 Å². The Kier molecular flexibility index (Phi) is 5.67.